The lowest BCUT2D eigenvalue weighted by molar-refractivity contribution is 0.108. The van der Waals surface area contributed by atoms with Crippen molar-refractivity contribution in [2.75, 3.05) is 0 Å². The lowest BCUT2D eigenvalue weighted by atomic mass is 10.4. The molecule has 0 amide bonds. The fraction of sp³-hybridized carbons (Fsp3) is 0.600. The van der Waals surface area contributed by atoms with E-state index in [-0.39, 0.29) is 4.70 Å². The van der Waals surface area contributed by atoms with E-state index >= 15 is 0 Å². The maximum Gasteiger partial charge on any atom is 0.350 e. The fourth-order valence-corrected chi connectivity index (χ4v) is 19.8. The van der Waals surface area contributed by atoms with Gasteiger partial charge in [-0.2, -0.15) is 0 Å². The maximum atomic E-state index is 8.00. The van der Waals surface area contributed by atoms with Crippen molar-refractivity contribution in [2.45, 2.75) is 58.9 Å². The molecule has 0 saturated carbocycles. The summed E-state index contributed by atoms with van der Waals surface area (Å²) in [5.41, 5.74) is 0. The predicted molar refractivity (Wildman–Crippen MR) is 123 cm³/mol. The van der Waals surface area contributed by atoms with Crippen LogP contribution in [0.5, 0.6) is 0 Å². The van der Waals surface area contributed by atoms with Crippen LogP contribution in [-0.2, 0) is 12.3 Å². The number of rotatable bonds is 7. The Morgan fingerprint density at radius 1 is 0.432 bits per heavy atom. The average Bonchev–Trinajstić information content (AvgIpc) is 2.85. The third-order valence-electron chi connectivity index (χ3n) is 2.79. The summed E-state index contributed by atoms with van der Waals surface area (Å²) in [5, 5.41) is 1.19. The molecule has 0 aromatic heterocycles. The van der Waals surface area contributed by atoms with Crippen molar-refractivity contribution < 1.29 is 81.1 Å². The minimum Gasteiger partial charge on any atom is -0.437 e. The van der Waals surface area contributed by atoms with E-state index in [1.807, 2.05) is 6.07 Å². The highest BCUT2D eigenvalue weighted by Crippen LogP contribution is 2.24. The zero-order chi connectivity index (χ0) is 31.2. The molecule has 0 aliphatic carbocycles. The molecule has 232 valence electrons. The van der Waals surface area contributed by atoms with E-state index < -0.39 is 33.8 Å². The molecule has 1 aromatic carbocycles. The van der Waals surface area contributed by atoms with Crippen LogP contribution in [0.1, 0.15) is 0 Å². The molecule has 0 aliphatic heterocycles. The Hall–Kier alpha value is -1.08. The highest BCUT2D eigenvalue weighted by atomic mass is 28.5. The molecule has 0 fully saturated rings. The van der Waals surface area contributed by atoms with Crippen molar-refractivity contribution in [3.8, 4) is 0 Å². The first kappa shape index (κ1) is 56.2. The van der Waals surface area contributed by atoms with Crippen LogP contribution in [0.25, 0.3) is 0 Å². The smallest absolute Gasteiger partial charge is 0.350 e. The van der Waals surface area contributed by atoms with E-state index in [4.69, 9.17) is 76.4 Å². The molecular formula is C15H33F15O3Si4. The van der Waals surface area contributed by atoms with E-state index in [0.29, 0.717) is 0 Å². The van der Waals surface area contributed by atoms with Gasteiger partial charge in [0.25, 0.3) is 0 Å². The van der Waals surface area contributed by atoms with Gasteiger partial charge < -0.3 is 12.3 Å². The standard InChI is InChI=1S/C15H32O3Si4.7F2.FH/c1-19(2,3)16-21(7,8)18-22(9,17-20(4,5)6)15-13-11-10-12-14-15;7*1-2;/h10-14H,1-9H3;;;;;;;;1H. The first-order valence-corrected chi connectivity index (χ1v) is 20.8. The summed E-state index contributed by atoms with van der Waals surface area (Å²) in [4.78, 5) is 0. The van der Waals surface area contributed by atoms with E-state index in [1.54, 1.807) is 0 Å². The van der Waals surface area contributed by atoms with Gasteiger partial charge in [-0.15, -0.1) is 0 Å². The van der Waals surface area contributed by atoms with Crippen LogP contribution in [-0.4, -0.2) is 33.8 Å². The Balaban J connectivity index is -0.0000000806. The Labute approximate surface area is 209 Å². The van der Waals surface area contributed by atoms with Crippen LogP contribution in [0, 0.1) is 0 Å². The van der Waals surface area contributed by atoms with Crippen molar-refractivity contribution >= 4 is 38.9 Å². The molecule has 1 atom stereocenters. The molecule has 22 heteroatoms. The number of benzene rings is 1. The van der Waals surface area contributed by atoms with Gasteiger partial charge >= 0.3 is 17.1 Å². The number of hydrogen-bond acceptors (Lipinski definition) is 3. The first-order chi connectivity index (χ1) is 16.7. The summed E-state index contributed by atoms with van der Waals surface area (Å²) in [6.45, 7) is 19.8. The molecule has 1 aromatic rings. The molecule has 3 nitrogen and oxygen atoms in total. The van der Waals surface area contributed by atoms with Gasteiger partial charge in [-0.05, 0) is 64.1 Å². The van der Waals surface area contributed by atoms with Gasteiger partial charge in [0.15, 0.2) is 16.6 Å². The molecular weight excluding hydrogens is 625 g/mol. The van der Waals surface area contributed by atoms with Crippen molar-refractivity contribution in [3.63, 3.8) is 0 Å². The maximum absolute atomic E-state index is 8.00. The summed E-state index contributed by atoms with van der Waals surface area (Å²) in [6.07, 6.45) is 0. The zero-order valence-corrected chi connectivity index (χ0v) is 25.3. The topological polar surface area (TPSA) is 27.7 Å². The van der Waals surface area contributed by atoms with Crippen molar-refractivity contribution in [2.24, 2.45) is 0 Å². The molecule has 0 N–H and O–H groups in total. The monoisotopic (exact) mass is 658 g/mol. The zero-order valence-electron chi connectivity index (χ0n) is 21.3. The average molecular weight is 659 g/mol. The summed E-state index contributed by atoms with van der Waals surface area (Å²) in [7, 11) is -8.07. The van der Waals surface area contributed by atoms with Crippen LogP contribution in [0.15, 0.2) is 30.3 Å². The van der Waals surface area contributed by atoms with Gasteiger partial charge in [0, 0.05) is 64.0 Å². The quantitative estimate of drug-likeness (QED) is 0.216. The van der Waals surface area contributed by atoms with Gasteiger partial charge in [-0.1, -0.05) is 30.3 Å². The molecule has 0 aliphatic rings. The summed E-state index contributed by atoms with van der Waals surface area (Å²) >= 11 is 0. The van der Waals surface area contributed by atoms with E-state index in [0.717, 1.165) is 0 Å². The molecule has 1 unspecified atom stereocenters. The van der Waals surface area contributed by atoms with Crippen molar-refractivity contribution in [1.29, 1.82) is 0 Å². The van der Waals surface area contributed by atoms with Gasteiger partial charge in [-0.25, -0.2) is 0 Å². The molecule has 1 rings (SSSR count). The lowest BCUT2D eigenvalue weighted by Crippen LogP contribution is -2.62. The van der Waals surface area contributed by atoms with E-state index in [2.05, 4.69) is 83.2 Å². The van der Waals surface area contributed by atoms with Crippen molar-refractivity contribution in [1.82, 2.24) is 0 Å². The summed E-state index contributed by atoms with van der Waals surface area (Å²) < 4.78 is 132. The SMILES string of the molecule is C[Si](C)(C)O[Si](C)(C)O[Si](C)(O[Si](C)(C)C)c1ccccc1.F.FF.FF.FF.FF.FF.FF.FF. The highest BCUT2D eigenvalue weighted by Gasteiger charge is 2.45. The largest absolute Gasteiger partial charge is 0.437 e. The second-order valence-corrected chi connectivity index (χ2v) is 24.4. The van der Waals surface area contributed by atoms with E-state index in [1.165, 1.54) is 5.19 Å². The van der Waals surface area contributed by atoms with Gasteiger partial charge in [-0.3, -0.25) is 4.70 Å². The molecule has 37 heavy (non-hydrogen) atoms. The van der Waals surface area contributed by atoms with Gasteiger partial charge in [0.1, 0.15) is 0 Å². The Morgan fingerprint density at radius 2 is 0.703 bits per heavy atom. The second-order valence-electron chi connectivity index (χ2n) is 8.24. The van der Waals surface area contributed by atoms with Gasteiger partial charge in [0.05, 0.1) is 0 Å². The summed E-state index contributed by atoms with van der Waals surface area (Å²) in [6, 6.07) is 10.4. The number of hydrogen-bond donors (Lipinski definition) is 0. The minimum atomic E-state index is -2.48. The normalized spacial score (nSPS) is 10.9. The highest BCUT2D eigenvalue weighted by molar-refractivity contribution is 6.94. The Bertz CT molecular complexity index is 516. The van der Waals surface area contributed by atoms with Crippen LogP contribution in [0.2, 0.25) is 58.9 Å². The van der Waals surface area contributed by atoms with Gasteiger partial charge in [0.2, 0.25) is 0 Å². The number of halogens is 15. The van der Waals surface area contributed by atoms with Crippen LogP contribution in [0.4, 0.5) is 68.7 Å². The first-order valence-electron chi connectivity index (χ1n) is 8.89. The van der Waals surface area contributed by atoms with Crippen LogP contribution in [0.3, 0.4) is 0 Å². The third-order valence-corrected chi connectivity index (χ3v) is 16.1. The second kappa shape index (κ2) is 34.9. The minimum absolute atomic E-state index is 0. The molecule has 0 radical (unpaired) electrons. The van der Waals surface area contributed by atoms with E-state index in [9.17, 15) is 0 Å². The molecule has 0 saturated heterocycles. The van der Waals surface area contributed by atoms with Crippen molar-refractivity contribution in [3.05, 3.63) is 30.3 Å². The third kappa shape index (κ3) is 39.6. The Kier molecular flexibility index (Phi) is 53.0. The van der Waals surface area contributed by atoms with Crippen LogP contribution < -0.4 is 5.19 Å². The predicted octanol–water partition coefficient (Wildman–Crippen LogP) is 10.4. The lowest BCUT2D eigenvalue weighted by Gasteiger charge is -2.41. The molecule has 0 spiro atoms. The molecule has 0 heterocycles. The fourth-order valence-electron chi connectivity index (χ4n) is 2.69. The summed E-state index contributed by atoms with van der Waals surface area (Å²) in [5.74, 6) is 0. The Morgan fingerprint density at radius 3 is 0.946 bits per heavy atom. The molecule has 0 bridgehead atoms. The van der Waals surface area contributed by atoms with Crippen LogP contribution >= 0.6 is 0 Å².